The number of carbonyl (C=O) groups excluding carboxylic acids is 1. The lowest BCUT2D eigenvalue weighted by Gasteiger charge is -2.09. The van der Waals surface area contributed by atoms with Crippen LogP contribution in [0.15, 0.2) is 29.0 Å². The third-order valence-electron chi connectivity index (χ3n) is 2.25. The Bertz CT molecular complexity index is 516. The average Bonchev–Trinajstić information content (AvgIpc) is 2.90. The number of nitrogens with zero attached hydrogens (tertiary/aromatic N) is 2. The molecule has 5 nitrogen and oxygen atoms in total. The zero-order chi connectivity index (χ0) is 13.0. The van der Waals surface area contributed by atoms with E-state index in [1.54, 1.807) is 0 Å². The van der Waals surface area contributed by atoms with Crippen LogP contribution in [0.25, 0.3) is 0 Å². The van der Waals surface area contributed by atoms with Gasteiger partial charge >= 0.3 is 0 Å². The molecule has 1 unspecified atom stereocenters. The summed E-state index contributed by atoms with van der Waals surface area (Å²) in [4.78, 5) is 11.7. The number of aromatic nitrogens is 2. The van der Waals surface area contributed by atoms with Crippen molar-refractivity contribution < 1.29 is 9.90 Å². The molecule has 0 aromatic carbocycles. The van der Waals surface area contributed by atoms with Crippen LogP contribution in [0.5, 0.6) is 0 Å². The molecule has 94 valence electrons. The molecule has 2 N–H and O–H groups in total. The largest absolute Gasteiger partial charge is 0.387 e. The van der Waals surface area contributed by atoms with E-state index < -0.39 is 12.0 Å². The number of hydrogen-bond donors (Lipinski definition) is 2. The number of halogens is 1. The van der Waals surface area contributed by atoms with E-state index >= 15 is 0 Å². The van der Waals surface area contributed by atoms with Gasteiger partial charge in [-0.1, -0.05) is 11.6 Å². The minimum absolute atomic E-state index is 0.125. The third-order valence-corrected chi connectivity index (χ3v) is 3.15. The molecule has 0 bridgehead atoms. The molecule has 1 amide bonds. The molecule has 0 aliphatic heterocycles. The predicted octanol–water partition coefficient (Wildman–Crippen LogP) is 1.65. The van der Waals surface area contributed by atoms with Crippen LogP contribution in [0, 0.1) is 0 Å². The van der Waals surface area contributed by atoms with Gasteiger partial charge in [0.1, 0.15) is 0 Å². The quantitative estimate of drug-likeness (QED) is 0.895. The molecule has 2 aromatic heterocycles. The number of rotatable bonds is 4. The van der Waals surface area contributed by atoms with Crippen molar-refractivity contribution in [3.05, 3.63) is 45.4 Å². The molecule has 0 fully saturated rings. The topological polar surface area (TPSA) is 75.1 Å². The second-order valence-electron chi connectivity index (χ2n) is 3.52. The molecule has 2 rings (SSSR count). The summed E-state index contributed by atoms with van der Waals surface area (Å²) in [6.45, 7) is 0.125. The van der Waals surface area contributed by atoms with Gasteiger partial charge in [0, 0.05) is 6.54 Å². The van der Waals surface area contributed by atoms with E-state index in [1.807, 2.05) is 16.8 Å². The molecular weight excluding hydrogens is 274 g/mol. The van der Waals surface area contributed by atoms with Crippen molar-refractivity contribution in [1.82, 2.24) is 15.5 Å². The van der Waals surface area contributed by atoms with Gasteiger partial charge in [0.05, 0.1) is 6.10 Å². The fourth-order valence-electron chi connectivity index (χ4n) is 1.30. The first-order valence-electron chi connectivity index (χ1n) is 5.14. The van der Waals surface area contributed by atoms with Gasteiger partial charge in [-0.3, -0.25) is 4.79 Å². The maximum atomic E-state index is 11.7. The van der Waals surface area contributed by atoms with Crippen LogP contribution in [0.3, 0.4) is 0 Å². The Balaban J connectivity index is 1.90. The Morgan fingerprint density at radius 3 is 2.89 bits per heavy atom. The maximum Gasteiger partial charge on any atom is 0.271 e. The van der Waals surface area contributed by atoms with Crippen LogP contribution < -0.4 is 5.32 Å². The average molecular weight is 284 g/mol. The predicted molar refractivity (Wildman–Crippen MR) is 68.7 cm³/mol. The van der Waals surface area contributed by atoms with Gasteiger partial charge in [0.25, 0.3) is 5.91 Å². The van der Waals surface area contributed by atoms with Crippen LogP contribution in [0.1, 0.15) is 22.2 Å². The van der Waals surface area contributed by atoms with Crippen LogP contribution in [-0.4, -0.2) is 27.8 Å². The Hall–Kier alpha value is -1.50. The Labute approximate surface area is 112 Å². The number of carbonyl (C=O) groups is 1. The smallest absolute Gasteiger partial charge is 0.271 e. The summed E-state index contributed by atoms with van der Waals surface area (Å²) < 4.78 is 0. The van der Waals surface area contributed by atoms with Crippen LogP contribution in [-0.2, 0) is 0 Å². The van der Waals surface area contributed by atoms with Crippen molar-refractivity contribution in [2.24, 2.45) is 0 Å². The highest BCUT2D eigenvalue weighted by atomic mass is 35.5. The summed E-state index contributed by atoms with van der Waals surface area (Å²) in [6, 6.07) is 4.77. The van der Waals surface area contributed by atoms with E-state index in [9.17, 15) is 9.90 Å². The number of nitrogens with one attached hydrogen (secondary N) is 1. The van der Waals surface area contributed by atoms with Crippen molar-refractivity contribution in [2.75, 3.05) is 6.54 Å². The summed E-state index contributed by atoms with van der Waals surface area (Å²) in [6.07, 6.45) is -0.722. The van der Waals surface area contributed by atoms with Crippen LogP contribution >= 0.6 is 22.9 Å². The summed E-state index contributed by atoms with van der Waals surface area (Å²) in [5.74, 6) is -0.395. The molecule has 0 aliphatic carbocycles. The van der Waals surface area contributed by atoms with Gasteiger partial charge in [-0.2, -0.15) is 11.3 Å². The summed E-state index contributed by atoms with van der Waals surface area (Å²) in [7, 11) is 0. The van der Waals surface area contributed by atoms with Gasteiger partial charge in [0.15, 0.2) is 10.8 Å². The molecule has 2 aromatic rings. The first kappa shape index (κ1) is 12.9. The molecule has 0 saturated heterocycles. The number of amides is 1. The zero-order valence-corrected chi connectivity index (χ0v) is 10.8. The summed E-state index contributed by atoms with van der Waals surface area (Å²) in [5, 5.41) is 23.5. The summed E-state index contributed by atoms with van der Waals surface area (Å²) >= 11 is 7.06. The normalized spacial score (nSPS) is 12.1. The molecule has 0 spiro atoms. The van der Waals surface area contributed by atoms with Crippen molar-refractivity contribution in [3.63, 3.8) is 0 Å². The Morgan fingerprint density at radius 1 is 1.44 bits per heavy atom. The van der Waals surface area contributed by atoms with Crippen molar-refractivity contribution in [3.8, 4) is 0 Å². The highest BCUT2D eigenvalue weighted by Gasteiger charge is 2.12. The number of thiophene rings is 1. The molecule has 2 heterocycles. The molecule has 7 heteroatoms. The lowest BCUT2D eigenvalue weighted by atomic mass is 10.2. The minimum atomic E-state index is -0.722. The monoisotopic (exact) mass is 283 g/mol. The van der Waals surface area contributed by atoms with Gasteiger partial charge in [-0.15, -0.1) is 10.2 Å². The second kappa shape index (κ2) is 5.90. The van der Waals surface area contributed by atoms with Crippen molar-refractivity contribution in [1.29, 1.82) is 0 Å². The lowest BCUT2D eigenvalue weighted by Crippen LogP contribution is -2.29. The summed E-state index contributed by atoms with van der Waals surface area (Å²) in [5.41, 5.74) is 0.944. The van der Waals surface area contributed by atoms with Gasteiger partial charge in [-0.25, -0.2) is 0 Å². The van der Waals surface area contributed by atoms with Gasteiger partial charge in [-0.05, 0) is 34.5 Å². The van der Waals surface area contributed by atoms with Gasteiger partial charge < -0.3 is 10.4 Å². The maximum absolute atomic E-state index is 11.7. The van der Waals surface area contributed by atoms with E-state index in [0.29, 0.717) is 0 Å². The van der Waals surface area contributed by atoms with Gasteiger partial charge in [0.2, 0.25) is 0 Å². The SMILES string of the molecule is O=C(NCC(O)c1ccsc1)c1ccc(Cl)nn1. The fraction of sp³-hybridized carbons (Fsp3) is 0.182. The van der Waals surface area contributed by atoms with Crippen molar-refractivity contribution in [2.45, 2.75) is 6.10 Å². The first-order chi connectivity index (χ1) is 8.66. The Kier molecular flexibility index (Phi) is 4.24. The first-order valence-corrected chi connectivity index (χ1v) is 6.46. The molecule has 0 radical (unpaired) electrons. The number of aliphatic hydroxyl groups is 1. The highest BCUT2D eigenvalue weighted by molar-refractivity contribution is 7.07. The fourth-order valence-corrected chi connectivity index (χ4v) is 2.11. The third kappa shape index (κ3) is 3.25. The molecule has 18 heavy (non-hydrogen) atoms. The van der Waals surface area contributed by atoms with E-state index in [-0.39, 0.29) is 17.4 Å². The van der Waals surface area contributed by atoms with Crippen molar-refractivity contribution >= 4 is 28.8 Å². The lowest BCUT2D eigenvalue weighted by molar-refractivity contribution is 0.0910. The molecule has 0 aliphatic rings. The van der Waals surface area contributed by atoms with Crippen LogP contribution in [0.4, 0.5) is 0 Å². The molecule has 1 atom stereocenters. The van der Waals surface area contributed by atoms with Crippen LogP contribution in [0.2, 0.25) is 5.15 Å². The molecular formula is C11H10ClN3O2S. The minimum Gasteiger partial charge on any atom is -0.387 e. The van der Waals surface area contributed by atoms with E-state index in [2.05, 4.69) is 15.5 Å². The molecule has 0 saturated carbocycles. The number of aliphatic hydroxyl groups excluding tert-OH is 1. The van der Waals surface area contributed by atoms with E-state index in [1.165, 1.54) is 23.5 Å². The van der Waals surface area contributed by atoms with E-state index in [0.717, 1.165) is 5.56 Å². The Morgan fingerprint density at radius 2 is 2.28 bits per heavy atom. The number of hydrogen-bond acceptors (Lipinski definition) is 5. The van der Waals surface area contributed by atoms with E-state index in [4.69, 9.17) is 11.6 Å². The highest BCUT2D eigenvalue weighted by Crippen LogP contribution is 2.15. The zero-order valence-electron chi connectivity index (χ0n) is 9.21. The standard InChI is InChI=1S/C11H10ClN3O2S/c12-10-2-1-8(14-15-10)11(17)13-5-9(16)7-3-4-18-6-7/h1-4,6,9,16H,5H2,(H,13,17). The second-order valence-corrected chi connectivity index (χ2v) is 4.69.